The van der Waals surface area contributed by atoms with Gasteiger partial charge in [0.25, 0.3) is 0 Å². The summed E-state index contributed by atoms with van der Waals surface area (Å²) in [5.41, 5.74) is 3.24. The maximum Gasteiger partial charge on any atom is 0.420 e. The van der Waals surface area contributed by atoms with Gasteiger partial charge in [-0.05, 0) is 36.4 Å². The Bertz CT molecular complexity index is 1370. The number of nitrogens with zero attached hydrogens (tertiary/aromatic N) is 1. The van der Waals surface area contributed by atoms with Crippen molar-refractivity contribution in [3.63, 3.8) is 0 Å². The molecule has 0 saturated carbocycles. The van der Waals surface area contributed by atoms with E-state index in [2.05, 4.69) is 5.32 Å². The van der Waals surface area contributed by atoms with Crippen molar-refractivity contribution in [2.45, 2.75) is 6.54 Å². The van der Waals surface area contributed by atoms with Gasteiger partial charge in [-0.2, -0.15) is 0 Å². The smallest absolute Gasteiger partial charge is 0.420 e. The molecule has 2 heterocycles. The van der Waals surface area contributed by atoms with Crippen molar-refractivity contribution in [3.8, 4) is 0 Å². The molecule has 0 aliphatic rings. The van der Waals surface area contributed by atoms with E-state index in [0.29, 0.717) is 16.8 Å². The normalized spacial score (nSPS) is 11.4. The molecule has 1 N–H and O–H groups in total. The van der Waals surface area contributed by atoms with Crippen molar-refractivity contribution >= 4 is 44.6 Å². The van der Waals surface area contributed by atoms with Crippen LogP contribution in [0, 0.1) is 0 Å². The number of hydrogen-bond donors (Lipinski definition) is 1. The van der Waals surface area contributed by atoms with E-state index in [1.165, 1.54) is 4.57 Å². The van der Waals surface area contributed by atoms with E-state index in [9.17, 15) is 9.59 Å². The lowest BCUT2D eigenvalue weighted by Gasteiger charge is -2.06. The summed E-state index contributed by atoms with van der Waals surface area (Å²) in [7, 11) is 0. The lowest BCUT2D eigenvalue weighted by Crippen LogP contribution is -2.24. The largest absolute Gasteiger partial charge is 0.456 e. The lowest BCUT2D eigenvalue weighted by atomic mass is 10.1. The molecule has 0 bridgehead atoms. The molecule has 6 heteroatoms. The first kappa shape index (κ1) is 15.5. The van der Waals surface area contributed by atoms with Crippen molar-refractivity contribution in [2.75, 3.05) is 5.32 Å². The molecule has 27 heavy (non-hydrogen) atoms. The Labute approximate surface area is 152 Å². The molecule has 0 spiro atoms. The molecule has 0 aliphatic carbocycles. The van der Waals surface area contributed by atoms with Crippen molar-refractivity contribution < 1.29 is 13.6 Å². The van der Waals surface area contributed by atoms with Crippen LogP contribution in [0.5, 0.6) is 0 Å². The number of benzene rings is 3. The van der Waals surface area contributed by atoms with E-state index in [1.54, 1.807) is 30.3 Å². The maximum atomic E-state index is 12.5. The minimum atomic E-state index is -0.553. The highest BCUT2D eigenvalue weighted by atomic mass is 16.4. The van der Waals surface area contributed by atoms with Crippen molar-refractivity contribution in [2.24, 2.45) is 0 Å². The molecular weight excluding hydrogens is 344 g/mol. The molecule has 5 aromatic rings. The van der Waals surface area contributed by atoms with Crippen molar-refractivity contribution in [1.29, 1.82) is 0 Å². The Morgan fingerprint density at radius 3 is 2.48 bits per heavy atom. The number of carbonyl (C=O) groups excluding carboxylic acids is 1. The number of oxazole rings is 1. The molecule has 132 valence electrons. The number of fused-ring (bicyclic) bond motifs is 4. The van der Waals surface area contributed by atoms with E-state index in [4.69, 9.17) is 8.83 Å². The van der Waals surface area contributed by atoms with Gasteiger partial charge in [-0.15, -0.1) is 0 Å². The fraction of sp³-hybridized carbons (Fsp3) is 0.0476. The van der Waals surface area contributed by atoms with Crippen LogP contribution in [-0.2, 0) is 11.3 Å². The van der Waals surface area contributed by atoms with Crippen LogP contribution in [0.25, 0.3) is 33.0 Å². The van der Waals surface area contributed by atoms with Gasteiger partial charge in [0, 0.05) is 16.5 Å². The van der Waals surface area contributed by atoms with Crippen LogP contribution in [0.1, 0.15) is 0 Å². The third-order valence-electron chi connectivity index (χ3n) is 4.54. The highest BCUT2D eigenvalue weighted by Crippen LogP contribution is 2.30. The molecule has 0 saturated heterocycles. The summed E-state index contributed by atoms with van der Waals surface area (Å²) in [6.45, 7) is -0.125. The highest BCUT2D eigenvalue weighted by Gasteiger charge is 2.13. The summed E-state index contributed by atoms with van der Waals surface area (Å²) < 4.78 is 12.3. The minimum absolute atomic E-state index is 0.125. The number of carbonyl (C=O) groups is 1. The van der Waals surface area contributed by atoms with Crippen LogP contribution in [0.2, 0.25) is 0 Å². The van der Waals surface area contributed by atoms with Crippen LogP contribution in [-0.4, -0.2) is 10.5 Å². The Morgan fingerprint density at radius 2 is 1.59 bits per heavy atom. The van der Waals surface area contributed by atoms with Gasteiger partial charge in [0.05, 0.1) is 5.52 Å². The second kappa shape index (κ2) is 5.88. The summed E-state index contributed by atoms with van der Waals surface area (Å²) in [5, 5.41) is 4.75. The second-order valence-corrected chi connectivity index (χ2v) is 6.28. The van der Waals surface area contributed by atoms with Crippen LogP contribution in [0.3, 0.4) is 0 Å². The first-order valence-electron chi connectivity index (χ1n) is 8.48. The van der Waals surface area contributed by atoms with Gasteiger partial charge < -0.3 is 14.2 Å². The van der Waals surface area contributed by atoms with Crippen LogP contribution in [0.4, 0.5) is 5.69 Å². The quantitative estimate of drug-likeness (QED) is 0.526. The summed E-state index contributed by atoms with van der Waals surface area (Å²) in [5.74, 6) is -0.863. The standard InChI is InChI=1S/C21H14N2O4/c24-20(12-23-16-6-2-4-8-19(16)27-21(23)25)22-13-9-10-18-15(11-13)14-5-1-3-7-17(14)26-18/h1-11H,12H2,(H,22,24). The fourth-order valence-corrected chi connectivity index (χ4v) is 3.31. The Kier molecular flexibility index (Phi) is 3.36. The van der Waals surface area contributed by atoms with Gasteiger partial charge in [0.1, 0.15) is 17.7 Å². The molecule has 0 unspecified atom stereocenters. The molecule has 5 rings (SSSR count). The molecule has 6 nitrogen and oxygen atoms in total. The number of furan rings is 1. The molecule has 0 atom stereocenters. The predicted octanol–water partition coefficient (Wildman–Crippen LogP) is 4.13. The number of nitrogens with one attached hydrogen (secondary N) is 1. The number of para-hydroxylation sites is 3. The van der Waals surface area contributed by atoms with E-state index in [1.807, 2.05) is 36.4 Å². The molecule has 1 amide bonds. The number of amides is 1. The average molecular weight is 358 g/mol. The van der Waals surface area contributed by atoms with Gasteiger partial charge in [-0.25, -0.2) is 4.79 Å². The average Bonchev–Trinajstić information content (AvgIpc) is 3.19. The minimum Gasteiger partial charge on any atom is -0.456 e. The summed E-state index contributed by atoms with van der Waals surface area (Å²) >= 11 is 0. The Balaban J connectivity index is 1.46. The van der Waals surface area contributed by atoms with E-state index < -0.39 is 5.76 Å². The Morgan fingerprint density at radius 1 is 0.852 bits per heavy atom. The lowest BCUT2D eigenvalue weighted by molar-refractivity contribution is -0.116. The van der Waals surface area contributed by atoms with Gasteiger partial charge in [-0.1, -0.05) is 30.3 Å². The highest BCUT2D eigenvalue weighted by molar-refractivity contribution is 6.06. The number of rotatable bonds is 3. The first-order valence-corrected chi connectivity index (χ1v) is 8.48. The zero-order chi connectivity index (χ0) is 18.4. The molecular formula is C21H14N2O4. The molecule has 0 aliphatic heterocycles. The van der Waals surface area contributed by atoms with E-state index in [-0.39, 0.29) is 12.5 Å². The Hall–Kier alpha value is -3.80. The number of hydrogen-bond acceptors (Lipinski definition) is 4. The summed E-state index contributed by atoms with van der Waals surface area (Å²) in [6.07, 6.45) is 0. The van der Waals surface area contributed by atoms with Gasteiger partial charge in [0.15, 0.2) is 5.58 Å². The molecule has 0 radical (unpaired) electrons. The van der Waals surface area contributed by atoms with Gasteiger partial charge in [0.2, 0.25) is 5.91 Å². The van der Waals surface area contributed by atoms with Crippen molar-refractivity contribution in [3.05, 3.63) is 77.3 Å². The monoisotopic (exact) mass is 358 g/mol. The number of anilines is 1. The third kappa shape index (κ3) is 2.58. The first-order chi connectivity index (χ1) is 13.2. The summed E-state index contributed by atoms with van der Waals surface area (Å²) in [4.78, 5) is 24.5. The van der Waals surface area contributed by atoms with Crippen LogP contribution in [0.15, 0.2) is 80.4 Å². The topological polar surface area (TPSA) is 77.4 Å². The predicted molar refractivity (Wildman–Crippen MR) is 103 cm³/mol. The number of aromatic nitrogens is 1. The molecule has 3 aromatic carbocycles. The maximum absolute atomic E-state index is 12.5. The fourth-order valence-electron chi connectivity index (χ4n) is 3.31. The third-order valence-corrected chi connectivity index (χ3v) is 4.54. The zero-order valence-corrected chi connectivity index (χ0v) is 14.1. The zero-order valence-electron chi connectivity index (χ0n) is 14.1. The van der Waals surface area contributed by atoms with Crippen molar-refractivity contribution in [1.82, 2.24) is 4.57 Å². The van der Waals surface area contributed by atoms with E-state index in [0.717, 1.165) is 21.9 Å². The van der Waals surface area contributed by atoms with Crippen LogP contribution < -0.4 is 11.1 Å². The van der Waals surface area contributed by atoms with E-state index >= 15 is 0 Å². The SMILES string of the molecule is O=C(Cn1c(=O)oc2ccccc21)Nc1ccc2oc3ccccc3c2c1. The van der Waals surface area contributed by atoms with Gasteiger partial charge >= 0.3 is 5.76 Å². The van der Waals surface area contributed by atoms with Gasteiger partial charge in [-0.3, -0.25) is 9.36 Å². The molecule has 2 aromatic heterocycles. The van der Waals surface area contributed by atoms with Crippen LogP contribution >= 0.6 is 0 Å². The second-order valence-electron chi connectivity index (χ2n) is 6.28. The summed E-state index contributed by atoms with van der Waals surface area (Å²) in [6, 6.07) is 20.2. The molecule has 0 fully saturated rings.